The number of carbonyl (C=O) groups excluding carboxylic acids is 1. The molecule has 1 heterocycles. The Balaban J connectivity index is 2.42. The lowest BCUT2D eigenvalue weighted by molar-refractivity contribution is -0.148. The zero-order valence-electron chi connectivity index (χ0n) is 11.3. The van der Waals surface area contributed by atoms with Crippen molar-refractivity contribution in [1.29, 1.82) is 0 Å². The average molecular weight is 270 g/mol. The van der Waals surface area contributed by atoms with E-state index in [0.29, 0.717) is 5.76 Å². The fourth-order valence-corrected chi connectivity index (χ4v) is 1.51. The Hall–Kier alpha value is -1.89. The molecule has 1 N–H and O–H groups in total. The minimum Gasteiger partial charge on any atom is -0.480 e. The van der Waals surface area contributed by atoms with E-state index in [1.165, 1.54) is 4.90 Å². The molecule has 7 heteroatoms. The summed E-state index contributed by atoms with van der Waals surface area (Å²) in [5.74, 6) is -0.888. The van der Waals surface area contributed by atoms with E-state index in [1.807, 2.05) is 0 Å². The van der Waals surface area contributed by atoms with Crippen LogP contribution in [0.1, 0.15) is 25.3 Å². The summed E-state index contributed by atoms with van der Waals surface area (Å²) in [5, 5.41) is 12.4. The van der Waals surface area contributed by atoms with Crippen molar-refractivity contribution >= 4 is 11.9 Å². The Morgan fingerprint density at radius 3 is 2.68 bits per heavy atom. The molecule has 0 spiro atoms. The van der Waals surface area contributed by atoms with Crippen LogP contribution in [0.4, 0.5) is 0 Å². The Morgan fingerprint density at radius 1 is 1.53 bits per heavy atom. The van der Waals surface area contributed by atoms with Crippen LogP contribution in [-0.2, 0) is 20.9 Å². The molecule has 0 saturated heterocycles. The number of amides is 1. The van der Waals surface area contributed by atoms with Crippen molar-refractivity contribution in [2.24, 2.45) is 0 Å². The number of hydrogen-bond donors (Lipinski definition) is 1. The lowest BCUT2D eigenvalue weighted by Crippen LogP contribution is -2.42. The third-order valence-electron chi connectivity index (χ3n) is 2.40. The van der Waals surface area contributed by atoms with Gasteiger partial charge in [0.2, 0.25) is 5.91 Å². The molecular formula is C12H18N2O5. The van der Waals surface area contributed by atoms with Gasteiger partial charge in [0.25, 0.3) is 0 Å². The summed E-state index contributed by atoms with van der Waals surface area (Å²) < 4.78 is 10.1. The van der Waals surface area contributed by atoms with Gasteiger partial charge in [0.15, 0.2) is 5.76 Å². The number of aliphatic carboxylic acids is 1. The first-order valence-corrected chi connectivity index (χ1v) is 5.91. The highest BCUT2D eigenvalue weighted by molar-refractivity contribution is 5.82. The zero-order valence-corrected chi connectivity index (χ0v) is 11.3. The summed E-state index contributed by atoms with van der Waals surface area (Å²) in [5.41, 5.74) is 0.736. The molecule has 1 amide bonds. The van der Waals surface area contributed by atoms with Gasteiger partial charge in [-0.3, -0.25) is 9.59 Å². The largest absolute Gasteiger partial charge is 0.480 e. The third kappa shape index (κ3) is 5.09. The SMILES string of the molecule is Cc1cc(COCC(=O)N(CC(=O)O)C(C)C)on1. The van der Waals surface area contributed by atoms with Gasteiger partial charge in [0, 0.05) is 12.1 Å². The van der Waals surface area contributed by atoms with Crippen LogP contribution in [0.25, 0.3) is 0 Å². The maximum Gasteiger partial charge on any atom is 0.323 e. The van der Waals surface area contributed by atoms with Gasteiger partial charge in [-0.2, -0.15) is 0 Å². The van der Waals surface area contributed by atoms with Crippen LogP contribution in [0.5, 0.6) is 0 Å². The summed E-state index contributed by atoms with van der Waals surface area (Å²) in [4.78, 5) is 23.7. The van der Waals surface area contributed by atoms with Crippen molar-refractivity contribution in [2.75, 3.05) is 13.2 Å². The molecule has 0 saturated carbocycles. The average Bonchev–Trinajstić information content (AvgIpc) is 2.71. The Labute approximate surface area is 111 Å². The number of nitrogens with zero attached hydrogens (tertiary/aromatic N) is 2. The molecule has 0 fully saturated rings. The van der Waals surface area contributed by atoms with Gasteiger partial charge >= 0.3 is 5.97 Å². The van der Waals surface area contributed by atoms with Gasteiger partial charge in [-0.15, -0.1) is 0 Å². The topological polar surface area (TPSA) is 92.9 Å². The summed E-state index contributed by atoms with van der Waals surface area (Å²) in [7, 11) is 0. The first-order chi connectivity index (χ1) is 8.90. The Kier molecular flexibility index (Phi) is 5.50. The monoisotopic (exact) mass is 270 g/mol. The molecule has 19 heavy (non-hydrogen) atoms. The van der Waals surface area contributed by atoms with Crippen molar-refractivity contribution in [3.05, 3.63) is 17.5 Å². The van der Waals surface area contributed by atoms with Crippen molar-refractivity contribution in [1.82, 2.24) is 10.1 Å². The highest BCUT2D eigenvalue weighted by Gasteiger charge is 2.19. The van der Waals surface area contributed by atoms with Crippen molar-refractivity contribution in [2.45, 2.75) is 33.4 Å². The highest BCUT2D eigenvalue weighted by atomic mass is 16.5. The van der Waals surface area contributed by atoms with Crippen molar-refractivity contribution in [3.63, 3.8) is 0 Å². The number of aromatic nitrogens is 1. The number of carbonyl (C=O) groups is 2. The van der Waals surface area contributed by atoms with E-state index in [1.54, 1.807) is 26.8 Å². The molecule has 7 nitrogen and oxygen atoms in total. The van der Waals surface area contributed by atoms with E-state index in [0.717, 1.165) is 5.69 Å². The van der Waals surface area contributed by atoms with E-state index in [-0.39, 0.29) is 31.7 Å². The molecule has 0 atom stereocenters. The number of rotatable bonds is 7. The maximum absolute atomic E-state index is 11.8. The van der Waals surface area contributed by atoms with Gasteiger partial charge in [-0.1, -0.05) is 5.16 Å². The molecule has 0 bridgehead atoms. The summed E-state index contributed by atoms with van der Waals surface area (Å²) >= 11 is 0. The molecule has 1 aromatic heterocycles. The molecule has 0 aliphatic heterocycles. The molecule has 0 aromatic carbocycles. The summed E-state index contributed by atoms with van der Waals surface area (Å²) in [6.45, 7) is 4.89. The molecule has 1 rings (SSSR count). The normalized spacial score (nSPS) is 10.7. The lowest BCUT2D eigenvalue weighted by Gasteiger charge is -2.24. The molecule has 0 aliphatic rings. The van der Waals surface area contributed by atoms with E-state index in [2.05, 4.69) is 5.16 Å². The van der Waals surface area contributed by atoms with Crippen LogP contribution in [0.2, 0.25) is 0 Å². The van der Waals surface area contributed by atoms with Gasteiger partial charge in [-0.05, 0) is 20.8 Å². The molecule has 106 valence electrons. The van der Waals surface area contributed by atoms with E-state index in [4.69, 9.17) is 14.4 Å². The lowest BCUT2D eigenvalue weighted by atomic mass is 10.3. The van der Waals surface area contributed by atoms with Crippen molar-refractivity contribution < 1.29 is 24.0 Å². The highest BCUT2D eigenvalue weighted by Crippen LogP contribution is 2.05. The number of ether oxygens (including phenoxy) is 1. The van der Waals surface area contributed by atoms with E-state index < -0.39 is 5.97 Å². The molecular weight excluding hydrogens is 252 g/mol. The second-order valence-corrected chi connectivity index (χ2v) is 4.44. The Morgan fingerprint density at radius 2 is 2.21 bits per heavy atom. The minimum absolute atomic E-state index is 0.131. The van der Waals surface area contributed by atoms with Crippen LogP contribution >= 0.6 is 0 Å². The second-order valence-electron chi connectivity index (χ2n) is 4.44. The van der Waals surface area contributed by atoms with Gasteiger partial charge < -0.3 is 19.3 Å². The summed E-state index contributed by atoms with van der Waals surface area (Å²) in [6, 6.07) is 1.52. The first kappa shape index (κ1) is 15.2. The Bertz CT molecular complexity index is 441. The van der Waals surface area contributed by atoms with Crippen LogP contribution < -0.4 is 0 Å². The summed E-state index contributed by atoms with van der Waals surface area (Å²) in [6.07, 6.45) is 0. The number of carboxylic acids is 1. The molecule has 1 aromatic rings. The molecule has 0 unspecified atom stereocenters. The minimum atomic E-state index is -1.05. The van der Waals surface area contributed by atoms with Crippen LogP contribution in [0.15, 0.2) is 10.6 Å². The second kappa shape index (κ2) is 6.89. The van der Waals surface area contributed by atoms with Crippen molar-refractivity contribution in [3.8, 4) is 0 Å². The maximum atomic E-state index is 11.8. The quantitative estimate of drug-likeness (QED) is 0.788. The van der Waals surface area contributed by atoms with E-state index >= 15 is 0 Å². The van der Waals surface area contributed by atoms with Gasteiger partial charge in [-0.25, -0.2) is 0 Å². The van der Waals surface area contributed by atoms with E-state index in [9.17, 15) is 9.59 Å². The smallest absolute Gasteiger partial charge is 0.323 e. The predicted molar refractivity (Wildman–Crippen MR) is 65.4 cm³/mol. The first-order valence-electron chi connectivity index (χ1n) is 5.91. The standard InChI is InChI=1S/C12H18N2O5/c1-8(2)14(5-12(16)17)11(15)7-18-6-10-4-9(3)13-19-10/h4,8H,5-7H2,1-3H3,(H,16,17). The van der Waals surface area contributed by atoms with Crippen LogP contribution in [-0.4, -0.2) is 46.2 Å². The predicted octanol–water partition coefficient (Wildman–Crippen LogP) is 0.821. The number of carboxylic acid groups (broad SMARTS) is 1. The fourth-order valence-electron chi connectivity index (χ4n) is 1.51. The van der Waals surface area contributed by atoms with Crippen LogP contribution in [0, 0.1) is 6.92 Å². The fraction of sp³-hybridized carbons (Fsp3) is 0.583. The number of aryl methyl sites for hydroxylation is 1. The van der Waals surface area contributed by atoms with Gasteiger partial charge in [0.05, 0.1) is 5.69 Å². The van der Waals surface area contributed by atoms with Gasteiger partial charge in [0.1, 0.15) is 19.8 Å². The van der Waals surface area contributed by atoms with Crippen LogP contribution in [0.3, 0.4) is 0 Å². The third-order valence-corrected chi connectivity index (χ3v) is 2.40. The molecule has 0 aliphatic carbocycles. The number of hydrogen-bond acceptors (Lipinski definition) is 5. The zero-order chi connectivity index (χ0) is 14.4. The molecule has 0 radical (unpaired) electrons.